The fraction of sp³-hybridized carbons (Fsp3) is 0.787. The van der Waals surface area contributed by atoms with E-state index in [9.17, 15) is 19.5 Å². The number of rotatable bonds is 18. The van der Waals surface area contributed by atoms with Gasteiger partial charge in [-0.2, -0.15) is 11.8 Å². The van der Waals surface area contributed by atoms with E-state index < -0.39 is 0 Å². The summed E-state index contributed by atoms with van der Waals surface area (Å²) in [5.74, 6) is 5.40. The van der Waals surface area contributed by atoms with Crippen molar-refractivity contribution >= 4 is 35.3 Å². The Bertz CT molecular complexity index is 1720. The molecule has 0 radical (unpaired) electrons. The van der Waals surface area contributed by atoms with Crippen molar-refractivity contribution in [2.45, 2.75) is 146 Å². The maximum atomic E-state index is 12.5. The molecule has 7 aliphatic rings. The van der Waals surface area contributed by atoms with Gasteiger partial charge in [0.1, 0.15) is 5.75 Å². The van der Waals surface area contributed by atoms with E-state index in [-0.39, 0.29) is 47.4 Å². The first-order chi connectivity index (χ1) is 29.0. The third kappa shape index (κ3) is 9.78. The quantitative estimate of drug-likeness (QED) is 0.0619. The largest absolute Gasteiger partial charge is 0.508 e. The topological polar surface area (TPSA) is 160 Å². The summed E-state index contributed by atoms with van der Waals surface area (Å²) in [6.07, 6.45) is 16.2. The van der Waals surface area contributed by atoms with Gasteiger partial charge in [0, 0.05) is 41.5 Å². The Balaban J connectivity index is 0.686. The lowest BCUT2D eigenvalue weighted by Gasteiger charge is -2.50. The molecule has 0 aromatic heterocycles. The maximum Gasteiger partial charge on any atom is 0.315 e. The predicted molar refractivity (Wildman–Crippen MR) is 234 cm³/mol. The number of oxime groups is 1. The summed E-state index contributed by atoms with van der Waals surface area (Å²) in [4.78, 5) is 42.0. The smallest absolute Gasteiger partial charge is 0.315 e. The molecule has 5 N–H and O–H groups in total. The van der Waals surface area contributed by atoms with Crippen LogP contribution in [0.15, 0.2) is 17.3 Å². The molecule has 8 unspecified atom stereocenters. The van der Waals surface area contributed by atoms with Crippen molar-refractivity contribution in [2.75, 3.05) is 51.9 Å². The Morgan fingerprint density at radius 1 is 0.933 bits per heavy atom. The molecule has 60 heavy (non-hydrogen) atoms. The van der Waals surface area contributed by atoms with Gasteiger partial charge in [0.15, 0.2) is 6.61 Å². The summed E-state index contributed by atoms with van der Waals surface area (Å²) in [5, 5.41) is 28.2. The van der Waals surface area contributed by atoms with Crippen LogP contribution in [0.25, 0.3) is 0 Å². The minimum atomic E-state index is -0.211. The van der Waals surface area contributed by atoms with Crippen LogP contribution in [0.3, 0.4) is 0 Å². The Kier molecular flexibility index (Phi) is 13.9. The Hall–Kier alpha value is -3.03. The van der Waals surface area contributed by atoms with Gasteiger partial charge in [0.05, 0.1) is 44.2 Å². The van der Waals surface area contributed by atoms with Crippen molar-refractivity contribution in [3.05, 3.63) is 28.8 Å². The van der Waals surface area contributed by atoms with E-state index in [0.29, 0.717) is 74.7 Å². The van der Waals surface area contributed by atoms with Crippen molar-refractivity contribution < 1.29 is 33.8 Å². The zero-order valence-corrected chi connectivity index (χ0v) is 37.2. The number of nitrogens with zero attached hydrogens (tertiary/aromatic N) is 1. The molecule has 8 rings (SSSR count). The maximum absolute atomic E-state index is 12.5. The number of carbonyl (C=O) groups excluding carboxylic acids is 3. The number of unbranched alkanes of at least 4 members (excludes halogenated alkanes) is 1. The zero-order valence-electron chi connectivity index (χ0n) is 36.4. The fourth-order valence-electron chi connectivity index (χ4n) is 13.3. The van der Waals surface area contributed by atoms with Crippen molar-refractivity contribution in [2.24, 2.45) is 40.2 Å². The summed E-state index contributed by atoms with van der Waals surface area (Å²) in [7, 11) is 0. The van der Waals surface area contributed by atoms with E-state index in [4.69, 9.17) is 14.3 Å². The van der Waals surface area contributed by atoms with Crippen LogP contribution < -0.4 is 21.3 Å². The Morgan fingerprint density at radius 2 is 1.68 bits per heavy atom. The monoisotopic (exact) mass is 850 g/mol. The van der Waals surface area contributed by atoms with Gasteiger partial charge in [-0.1, -0.05) is 38.4 Å². The minimum absolute atomic E-state index is 0.00535. The van der Waals surface area contributed by atoms with Crippen LogP contribution in [0.1, 0.15) is 133 Å². The van der Waals surface area contributed by atoms with Crippen LogP contribution >= 0.6 is 11.8 Å². The molecule has 1 aromatic carbocycles. The summed E-state index contributed by atoms with van der Waals surface area (Å²) in [6, 6.07) is 5.00. The molecule has 332 valence electrons. The number of thioether (sulfide) groups is 1. The molecular formula is C47H71N5O7S. The molecule has 2 saturated heterocycles. The summed E-state index contributed by atoms with van der Waals surface area (Å²) < 4.78 is 11.2. The highest BCUT2D eigenvalue weighted by Crippen LogP contribution is 2.61. The summed E-state index contributed by atoms with van der Waals surface area (Å²) in [5.41, 5.74) is 5.25. The third-order valence-electron chi connectivity index (χ3n) is 15.8. The first-order valence-corrected chi connectivity index (χ1v) is 24.5. The van der Waals surface area contributed by atoms with E-state index >= 15 is 0 Å². The molecule has 4 amide bonds. The molecule has 4 saturated carbocycles. The van der Waals surface area contributed by atoms with E-state index in [1.54, 1.807) is 0 Å². The summed E-state index contributed by atoms with van der Waals surface area (Å²) in [6.45, 7) is 9.58. The van der Waals surface area contributed by atoms with Gasteiger partial charge in [0.2, 0.25) is 5.91 Å². The number of aromatic hydroxyl groups is 1. The van der Waals surface area contributed by atoms with Gasteiger partial charge in [-0.05, 0) is 142 Å². The second-order valence-corrected chi connectivity index (χ2v) is 21.4. The predicted octanol–water partition coefficient (Wildman–Crippen LogP) is 6.72. The van der Waals surface area contributed by atoms with Crippen molar-refractivity contribution in [1.82, 2.24) is 21.3 Å². The number of ether oxygens (including phenoxy) is 2. The molecule has 6 fully saturated rings. The van der Waals surface area contributed by atoms with Gasteiger partial charge >= 0.3 is 6.03 Å². The second-order valence-electron chi connectivity index (χ2n) is 20.1. The van der Waals surface area contributed by atoms with E-state index in [1.165, 1.54) is 48.8 Å². The number of benzene rings is 1. The van der Waals surface area contributed by atoms with Gasteiger partial charge < -0.3 is 40.7 Å². The van der Waals surface area contributed by atoms with Crippen molar-refractivity contribution in [3.8, 4) is 5.75 Å². The molecule has 5 aliphatic carbocycles. The number of fused-ring (bicyclic) bond motifs is 8. The van der Waals surface area contributed by atoms with Crippen LogP contribution in [0, 0.1) is 35.0 Å². The lowest BCUT2D eigenvalue weighted by Crippen LogP contribution is -2.43. The average Bonchev–Trinajstić information content (AvgIpc) is 3.87. The minimum Gasteiger partial charge on any atom is -0.508 e. The number of urea groups is 1. The molecule has 0 spiro atoms. The second kappa shape index (κ2) is 19.2. The third-order valence-corrected chi connectivity index (χ3v) is 17.3. The first kappa shape index (κ1) is 43.6. The van der Waals surface area contributed by atoms with Gasteiger partial charge in [-0.15, -0.1) is 0 Å². The molecule has 2 aliphatic heterocycles. The van der Waals surface area contributed by atoms with Crippen molar-refractivity contribution in [3.63, 3.8) is 0 Å². The van der Waals surface area contributed by atoms with Crippen LogP contribution in [-0.4, -0.2) is 97.9 Å². The first-order valence-electron chi connectivity index (χ1n) is 23.4. The highest BCUT2D eigenvalue weighted by atomic mass is 32.2. The van der Waals surface area contributed by atoms with Crippen LogP contribution in [-0.2, 0) is 35.7 Å². The van der Waals surface area contributed by atoms with Gasteiger partial charge in [-0.3, -0.25) is 9.59 Å². The molecule has 9 atom stereocenters. The van der Waals surface area contributed by atoms with E-state index in [2.05, 4.69) is 59.3 Å². The van der Waals surface area contributed by atoms with Gasteiger partial charge in [0.25, 0.3) is 5.91 Å². The average molecular weight is 850 g/mol. The zero-order chi connectivity index (χ0) is 41.9. The molecular weight excluding hydrogens is 779 g/mol. The van der Waals surface area contributed by atoms with Crippen LogP contribution in [0.5, 0.6) is 5.75 Å². The molecule has 2 heterocycles. The number of amides is 4. The number of phenols is 1. The normalized spacial score (nSPS) is 35.8. The lowest BCUT2D eigenvalue weighted by molar-refractivity contribution is -0.126. The van der Waals surface area contributed by atoms with E-state index in [1.807, 2.05) is 11.8 Å². The number of carbonyl (C=O) groups is 3. The number of hydrogen-bond donors (Lipinski definition) is 5. The molecule has 1 aromatic rings. The molecule has 13 heteroatoms. The van der Waals surface area contributed by atoms with Gasteiger partial charge in [-0.25, -0.2) is 4.79 Å². The van der Waals surface area contributed by atoms with Crippen molar-refractivity contribution in [1.29, 1.82) is 0 Å². The highest BCUT2D eigenvalue weighted by Gasteiger charge is 2.54. The van der Waals surface area contributed by atoms with Crippen LogP contribution in [0.4, 0.5) is 4.79 Å². The SMILES string of the molecule is CC1CC2CC(C1)CC(C)(c1cc3c(cc1O)CCC1C3CC[C@]3(C)/C(=N/OCC(=O)NCCOCCOCCNC(=O)CCCCC4SCC5NC(=O)NC54)CCC13)C2. The number of hydrogen-bond acceptors (Lipinski definition) is 9. The van der Waals surface area contributed by atoms with E-state index in [0.717, 1.165) is 87.0 Å². The number of phenolic OH excluding ortho intramolecular Hbond substituents is 1. The number of nitrogens with one attached hydrogen (secondary N) is 4. The summed E-state index contributed by atoms with van der Waals surface area (Å²) >= 11 is 1.90. The Morgan fingerprint density at radius 3 is 2.45 bits per heavy atom. The highest BCUT2D eigenvalue weighted by molar-refractivity contribution is 8.00. The standard InChI is InChI=1S/C47H71N5O7S/c1-29-20-30-22-31(21-29)26-46(2,25-30)37-24-35-32(23-39(37)53)8-9-34-33(35)12-13-47(3)36(34)10-11-41(47)52-59-27-43(55)49-15-17-58-19-18-57-16-14-48-42(54)7-5-4-6-40-44-38(28-60-40)50-45(56)51-44/h23-24,29-31,33-34,36,38,40,44,53H,4-22,25-28H2,1-3H3,(H,48,54)(H,49,55)(H2,50,51,56)/b52-41+/t29?,30?,31?,33?,34?,36?,38?,40?,44?,46?,47-/m0/s1. The lowest BCUT2D eigenvalue weighted by atomic mass is 9.54. The fourth-order valence-corrected chi connectivity index (χ4v) is 14.8. The Labute approximate surface area is 361 Å². The van der Waals surface area contributed by atoms with Crippen LogP contribution in [0.2, 0.25) is 0 Å². The molecule has 12 nitrogen and oxygen atoms in total. The number of aryl methyl sites for hydroxylation is 1. The molecule has 2 bridgehead atoms.